The van der Waals surface area contributed by atoms with E-state index in [1.54, 1.807) is 7.05 Å². The third-order valence-corrected chi connectivity index (χ3v) is 2.39. The molecule has 0 bridgehead atoms. The van der Waals surface area contributed by atoms with Gasteiger partial charge in [-0.2, -0.15) is 0 Å². The lowest BCUT2D eigenvalue weighted by molar-refractivity contribution is -0.121. The molecular formula is C12H16N2O4. The van der Waals surface area contributed by atoms with Gasteiger partial charge in [-0.15, -0.1) is 0 Å². The zero-order valence-corrected chi connectivity index (χ0v) is 10.3. The van der Waals surface area contributed by atoms with Crippen LogP contribution in [-0.4, -0.2) is 54.0 Å². The van der Waals surface area contributed by atoms with Gasteiger partial charge in [-0.3, -0.25) is 14.5 Å². The van der Waals surface area contributed by atoms with Crippen LogP contribution < -0.4 is 5.32 Å². The summed E-state index contributed by atoms with van der Waals surface area (Å²) >= 11 is 0. The topological polar surface area (TPSA) is 89.9 Å². The number of nitrogens with one attached hydrogen (secondary N) is 1. The van der Waals surface area contributed by atoms with Crippen LogP contribution >= 0.6 is 0 Å². The largest absolute Gasteiger partial charge is 0.508 e. The highest BCUT2D eigenvalue weighted by Crippen LogP contribution is 2.22. The number of hydrogen-bond donors (Lipinski definition) is 3. The summed E-state index contributed by atoms with van der Waals surface area (Å²) in [6, 6.07) is 3.78. The van der Waals surface area contributed by atoms with E-state index < -0.39 is 0 Å². The molecule has 0 radical (unpaired) electrons. The number of phenols is 2. The molecule has 1 aromatic rings. The number of likely N-dealkylation sites (N-methyl/N-ethyl adjacent to an activating group) is 2. The molecular weight excluding hydrogens is 236 g/mol. The minimum Gasteiger partial charge on any atom is -0.508 e. The third-order valence-electron chi connectivity index (χ3n) is 2.39. The van der Waals surface area contributed by atoms with E-state index in [9.17, 15) is 14.7 Å². The SMILES string of the molecule is CNC(=O)CN(C)CC(=O)c1ccc(O)cc1O. The van der Waals surface area contributed by atoms with E-state index in [1.165, 1.54) is 24.1 Å². The zero-order valence-electron chi connectivity index (χ0n) is 10.3. The Balaban J connectivity index is 2.67. The van der Waals surface area contributed by atoms with Crippen LogP contribution in [0.2, 0.25) is 0 Å². The fourth-order valence-electron chi connectivity index (χ4n) is 1.47. The Labute approximate surface area is 105 Å². The summed E-state index contributed by atoms with van der Waals surface area (Å²) in [5, 5.41) is 21.1. The average molecular weight is 252 g/mol. The fraction of sp³-hybridized carbons (Fsp3) is 0.333. The number of carbonyl (C=O) groups excluding carboxylic acids is 2. The quantitative estimate of drug-likeness (QED) is 0.640. The number of amides is 1. The monoisotopic (exact) mass is 252 g/mol. The summed E-state index contributed by atoms with van der Waals surface area (Å²) in [5.74, 6) is -0.893. The number of aromatic hydroxyl groups is 2. The predicted molar refractivity (Wildman–Crippen MR) is 65.7 cm³/mol. The summed E-state index contributed by atoms with van der Waals surface area (Å²) < 4.78 is 0. The maximum atomic E-state index is 11.8. The highest BCUT2D eigenvalue weighted by Gasteiger charge is 2.15. The number of Topliss-reactive ketones (excluding diaryl/α,β-unsaturated/α-hetero) is 1. The van der Waals surface area contributed by atoms with E-state index in [-0.39, 0.29) is 41.8 Å². The van der Waals surface area contributed by atoms with Gasteiger partial charge in [-0.05, 0) is 19.2 Å². The number of nitrogens with zero attached hydrogens (tertiary/aromatic N) is 1. The zero-order chi connectivity index (χ0) is 13.7. The molecule has 18 heavy (non-hydrogen) atoms. The molecule has 0 fully saturated rings. The lowest BCUT2D eigenvalue weighted by Crippen LogP contribution is -2.36. The Morgan fingerprint density at radius 1 is 1.28 bits per heavy atom. The molecule has 0 aliphatic heterocycles. The Morgan fingerprint density at radius 3 is 2.50 bits per heavy atom. The molecule has 0 atom stereocenters. The molecule has 1 aromatic carbocycles. The first-order valence-electron chi connectivity index (χ1n) is 5.38. The summed E-state index contributed by atoms with van der Waals surface area (Å²) in [7, 11) is 3.15. The van der Waals surface area contributed by atoms with Gasteiger partial charge in [0.25, 0.3) is 0 Å². The number of phenolic OH excluding ortho intramolecular Hbond substituents is 2. The standard InChI is InChI=1S/C12H16N2O4/c1-13-12(18)7-14(2)6-11(17)9-4-3-8(15)5-10(9)16/h3-5,15-16H,6-7H2,1-2H3,(H,13,18). The summed E-state index contributed by atoms with van der Waals surface area (Å²) in [5.41, 5.74) is 0.122. The highest BCUT2D eigenvalue weighted by molar-refractivity contribution is 6.00. The molecule has 1 amide bonds. The van der Waals surface area contributed by atoms with Crippen molar-refractivity contribution in [3.63, 3.8) is 0 Å². The lowest BCUT2D eigenvalue weighted by atomic mass is 10.1. The smallest absolute Gasteiger partial charge is 0.233 e. The normalized spacial score (nSPS) is 10.4. The average Bonchev–Trinajstić information content (AvgIpc) is 2.28. The van der Waals surface area contributed by atoms with Crippen LogP contribution in [0.3, 0.4) is 0 Å². The number of ketones is 1. The van der Waals surface area contributed by atoms with E-state index in [0.29, 0.717) is 0 Å². The van der Waals surface area contributed by atoms with E-state index in [2.05, 4.69) is 5.32 Å². The van der Waals surface area contributed by atoms with E-state index in [1.807, 2.05) is 0 Å². The van der Waals surface area contributed by atoms with Crippen LogP contribution in [-0.2, 0) is 4.79 Å². The van der Waals surface area contributed by atoms with Gasteiger partial charge in [0.2, 0.25) is 5.91 Å². The van der Waals surface area contributed by atoms with Gasteiger partial charge in [-0.25, -0.2) is 0 Å². The molecule has 0 spiro atoms. The minimum absolute atomic E-state index is 0.00571. The van der Waals surface area contributed by atoms with Crippen molar-refractivity contribution >= 4 is 11.7 Å². The molecule has 1 rings (SSSR count). The Kier molecular flexibility index (Phi) is 4.67. The van der Waals surface area contributed by atoms with Crippen molar-refractivity contribution in [1.29, 1.82) is 0 Å². The van der Waals surface area contributed by atoms with Crippen LogP contribution in [0, 0.1) is 0 Å². The van der Waals surface area contributed by atoms with Crippen molar-refractivity contribution in [1.82, 2.24) is 10.2 Å². The lowest BCUT2D eigenvalue weighted by Gasteiger charge is -2.14. The van der Waals surface area contributed by atoms with Crippen molar-refractivity contribution in [3.8, 4) is 11.5 Å². The molecule has 0 aliphatic rings. The van der Waals surface area contributed by atoms with Gasteiger partial charge in [0.1, 0.15) is 11.5 Å². The van der Waals surface area contributed by atoms with Gasteiger partial charge in [0.15, 0.2) is 5.78 Å². The number of rotatable bonds is 5. The van der Waals surface area contributed by atoms with Crippen LogP contribution in [0.1, 0.15) is 10.4 Å². The van der Waals surface area contributed by atoms with Gasteiger partial charge in [0, 0.05) is 13.1 Å². The molecule has 98 valence electrons. The minimum atomic E-state index is -0.320. The van der Waals surface area contributed by atoms with Gasteiger partial charge < -0.3 is 15.5 Å². The maximum absolute atomic E-state index is 11.8. The van der Waals surface area contributed by atoms with Crippen molar-refractivity contribution < 1.29 is 19.8 Å². The predicted octanol–water partition coefficient (Wildman–Crippen LogP) is -0.0417. The molecule has 0 saturated carbocycles. The molecule has 0 saturated heterocycles. The van der Waals surface area contributed by atoms with Gasteiger partial charge in [0.05, 0.1) is 18.7 Å². The van der Waals surface area contributed by atoms with Crippen LogP contribution in [0.25, 0.3) is 0 Å². The Hall–Kier alpha value is -2.08. The van der Waals surface area contributed by atoms with E-state index in [4.69, 9.17) is 5.11 Å². The first-order chi connectivity index (χ1) is 8.43. The second-order valence-electron chi connectivity index (χ2n) is 3.97. The summed E-state index contributed by atoms with van der Waals surface area (Å²) in [6.45, 7) is 0.104. The first kappa shape index (κ1) is 14.0. The van der Waals surface area contributed by atoms with Crippen LogP contribution in [0.4, 0.5) is 0 Å². The Morgan fingerprint density at radius 2 is 1.94 bits per heavy atom. The molecule has 0 unspecified atom stereocenters. The second kappa shape index (κ2) is 6.02. The molecule has 6 heteroatoms. The molecule has 6 nitrogen and oxygen atoms in total. The maximum Gasteiger partial charge on any atom is 0.233 e. The number of carbonyl (C=O) groups is 2. The molecule has 0 heterocycles. The first-order valence-corrected chi connectivity index (χ1v) is 5.38. The summed E-state index contributed by atoms with van der Waals surface area (Å²) in [6.07, 6.45) is 0. The molecule has 3 N–H and O–H groups in total. The van der Waals surface area contributed by atoms with E-state index >= 15 is 0 Å². The van der Waals surface area contributed by atoms with Crippen molar-refractivity contribution in [2.45, 2.75) is 0 Å². The third kappa shape index (κ3) is 3.74. The van der Waals surface area contributed by atoms with Crippen LogP contribution in [0.15, 0.2) is 18.2 Å². The van der Waals surface area contributed by atoms with Crippen LogP contribution in [0.5, 0.6) is 11.5 Å². The van der Waals surface area contributed by atoms with Crippen molar-refractivity contribution in [2.75, 3.05) is 27.2 Å². The highest BCUT2D eigenvalue weighted by atomic mass is 16.3. The number of benzene rings is 1. The number of hydrogen-bond acceptors (Lipinski definition) is 5. The van der Waals surface area contributed by atoms with Crippen molar-refractivity contribution in [2.24, 2.45) is 0 Å². The molecule has 0 aliphatic carbocycles. The van der Waals surface area contributed by atoms with Gasteiger partial charge >= 0.3 is 0 Å². The molecule has 0 aromatic heterocycles. The summed E-state index contributed by atoms with van der Waals surface area (Å²) in [4.78, 5) is 24.5. The van der Waals surface area contributed by atoms with E-state index in [0.717, 1.165) is 6.07 Å². The second-order valence-corrected chi connectivity index (χ2v) is 3.97. The van der Waals surface area contributed by atoms with Crippen molar-refractivity contribution in [3.05, 3.63) is 23.8 Å². The van der Waals surface area contributed by atoms with Gasteiger partial charge in [-0.1, -0.05) is 0 Å². The Bertz CT molecular complexity index is 459. The fourth-order valence-corrected chi connectivity index (χ4v) is 1.47.